The molecule has 6 rings (SSSR count). The summed E-state index contributed by atoms with van der Waals surface area (Å²) in [6.45, 7) is 4.29. The van der Waals surface area contributed by atoms with Crippen molar-refractivity contribution in [3.63, 3.8) is 0 Å². The fourth-order valence-electron chi connectivity index (χ4n) is 4.70. The van der Waals surface area contributed by atoms with E-state index in [9.17, 15) is 13.2 Å². The number of halogens is 3. The zero-order valence-electron chi connectivity index (χ0n) is 16.6. The molecule has 0 amide bonds. The largest absolute Gasteiger partial charge is 0.433 e. The Labute approximate surface area is 175 Å². The van der Waals surface area contributed by atoms with E-state index in [0.717, 1.165) is 43.2 Å². The number of rotatable bonds is 3. The van der Waals surface area contributed by atoms with Crippen molar-refractivity contribution in [3.8, 4) is 0 Å². The molecule has 0 bridgehead atoms. The molecular weight excluding hydrogens is 411 g/mol. The fraction of sp³-hybridized carbons (Fsp3) is 0.500. The Morgan fingerprint density at radius 1 is 1.06 bits per heavy atom. The van der Waals surface area contributed by atoms with E-state index in [1.54, 1.807) is 18.5 Å². The summed E-state index contributed by atoms with van der Waals surface area (Å²) in [7, 11) is 0. The number of aromatic nitrogens is 5. The normalized spacial score (nSPS) is 21.0. The summed E-state index contributed by atoms with van der Waals surface area (Å²) in [5.41, 5.74) is 0.573. The topological polar surface area (TPSA) is 72.2 Å². The van der Waals surface area contributed by atoms with Crippen molar-refractivity contribution < 1.29 is 17.9 Å². The molecule has 3 fully saturated rings. The van der Waals surface area contributed by atoms with Gasteiger partial charge in [-0.2, -0.15) is 23.3 Å². The van der Waals surface area contributed by atoms with Gasteiger partial charge in [0.15, 0.2) is 5.65 Å². The molecule has 162 valence electrons. The number of anilines is 2. The van der Waals surface area contributed by atoms with Crippen LogP contribution in [-0.2, 0) is 10.9 Å². The molecule has 3 aliphatic rings. The fourth-order valence-corrected chi connectivity index (χ4v) is 4.70. The predicted octanol–water partition coefficient (Wildman–Crippen LogP) is 2.53. The van der Waals surface area contributed by atoms with Crippen molar-refractivity contribution >= 4 is 22.7 Å². The van der Waals surface area contributed by atoms with Gasteiger partial charge in [-0.25, -0.2) is 9.67 Å². The summed E-state index contributed by atoms with van der Waals surface area (Å²) in [4.78, 5) is 16.9. The lowest BCUT2D eigenvalue weighted by molar-refractivity contribution is -0.141. The summed E-state index contributed by atoms with van der Waals surface area (Å²) < 4.78 is 46.2. The van der Waals surface area contributed by atoms with Gasteiger partial charge in [0.25, 0.3) is 0 Å². The van der Waals surface area contributed by atoms with Gasteiger partial charge in [0.05, 0.1) is 24.8 Å². The molecule has 0 atom stereocenters. The molecule has 0 saturated carbocycles. The maximum absolute atomic E-state index is 13.0. The molecule has 3 saturated heterocycles. The van der Waals surface area contributed by atoms with Crippen LogP contribution in [0, 0.1) is 5.41 Å². The molecule has 0 aliphatic carbocycles. The highest BCUT2D eigenvalue weighted by Crippen LogP contribution is 2.43. The van der Waals surface area contributed by atoms with Crippen LogP contribution in [0.15, 0.2) is 30.7 Å². The first-order valence-corrected chi connectivity index (χ1v) is 10.2. The SMILES string of the molecule is FC(F)(F)c1cc(N2CCC3(C2)CN(c2ncc4cnn(C5COC5)c4n2)C3)ccn1. The van der Waals surface area contributed by atoms with Crippen molar-refractivity contribution in [1.29, 1.82) is 0 Å². The van der Waals surface area contributed by atoms with Gasteiger partial charge in [0.2, 0.25) is 5.95 Å². The van der Waals surface area contributed by atoms with E-state index >= 15 is 0 Å². The number of hydrogen-bond donors (Lipinski definition) is 0. The highest BCUT2D eigenvalue weighted by molar-refractivity contribution is 5.75. The van der Waals surface area contributed by atoms with E-state index in [0.29, 0.717) is 31.4 Å². The third-order valence-electron chi connectivity index (χ3n) is 6.46. The lowest BCUT2D eigenvalue weighted by atomic mass is 9.79. The zero-order chi connectivity index (χ0) is 21.2. The Balaban J connectivity index is 1.17. The van der Waals surface area contributed by atoms with Crippen molar-refractivity contribution in [1.82, 2.24) is 24.7 Å². The van der Waals surface area contributed by atoms with Crippen LogP contribution in [0.1, 0.15) is 18.2 Å². The van der Waals surface area contributed by atoms with Crippen LogP contribution >= 0.6 is 0 Å². The minimum Gasteiger partial charge on any atom is -0.377 e. The van der Waals surface area contributed by atoms with E-state index in [2.05, 4.69) is 20.0 Å². The lowest BCUT2D eigenvalue weighted by Gasteiger charge is -2.48. The Morgan fingerprint density at radius 3 is 2.61 bits per heavy atom. The average Bonchev–Trinajstić information content (AvgIpc) is 3.30. The van der Waals surface area contributed by atoms with E-state index in [4.69, 9.17) is 9.72 Å². The molecule has 31 heavy (non-hydrogen) atoms. The minimum atomic E-state index is -4.44. The molecule has 6 heterocycles. The first-order chi connectivity index (χ1) is 14.9. The monoisotopic (exact) mass is 431 g/mol. The molecule has 0 N–H and O–H groups in total. The maximum Gasteiger partial charge on any atom is 0.433 e. The summed E-state index contributed by atoms with van der Waals surface area (Å²) in [6.07, 6.45) is 1.28. The number of ether oxygens (including phenoxy) is 1. The number of pyridine rings is 1. The van der Waals surface area contributed by atoms with Crippen LogP contribution in [0.5, 0.6) is 0 Å². The van der Waals surface area contributed by atoms with Gasteiger partial charge in [-0.1, -0.05) is 0 Å². The Kier molecular flexibility index (Phi) is 3.95. The van der Waals surface area contributed by atoms with Gasteiger partial charge >= 0.3 is 6.18 Å². The van der Waals surface area contributed by atoms with E-state index in [-0.39, 0.29) is 11.5 Å². The summed E-state index contributed by atoms with van der Waals surface area (Å²) in [5.74, 6) is 0.668. The lowest BCUT2D eigenvalue weighted by Crippen LogP contribution is -2.58. The zero-order valence-corrected chi connectivity index (χ0v) is 16.6. The smallest absolute Gasteiger partial charge is 0.377 e. The van der Waals surface area contributed by atoms with E-state index < -0.39 is 11.9 Å². The molecule has 3 aromatic rings. The van der Waals surface area contributed by atoms with Crippen LogP contribution < -0.4 is 9.80 Å². The van der Waals surface area contributed by atoms with E-state index in [1.165, 1.54) is 6.20 Å². The summed E-state index contributed by atoms with van der Waals surface area (Å²) >= 11 is 0. The first kappa shape index (κ1) is 18.8. The van der Waals surface area contributed by atoms with Crippen LogP contribution in [0.2, 0.25) is 0 Å². The van der Waals surface area contributed by atoms with Crippen molar-refractivity contribution in [2.45, 2.75) is 18.6 Å². The Hall–Kier alpha value is -2.95. The standard InChI is InChI=1S/C20H20F3N7O/c21-20(22,23)16-5-14(1-3-24-16)28-4-2-19(10-28)11-29(12-19)18-25-6-13-7-26-30(17(13)27-18)15-8-31-9-15/h1,3,5-7,15H,2,4,8-12H2. The molecule has 0 radical (unpaired) electrons. The van der Waals surface area contributed by atoms with Crippen LogP contribution in [-0.4, -0.2) is 64.1 Å². The third-order valence-corrected chi connectivity index (χ3v) is 6.46. The van der Waals surface area contributed by atoms with Gasteiger partial charge in [0, 0.05) is 49.7 Å². The quantitative estimate of drug-likeness (QED) is 0.631. The summed E-state index contributed by atoms with van der Waals surface area (Å²) in [6, 6.07) is 3.00. The second-order valence-corrected chi connectivity index (χ2v) is 8.65. The second kappa shape index (κ2) is 6.52. The van der Waals surface area contributed by atoms with Crippen LogP contribution in [0.3, 0.4) is 0 Å². The van der Waals surface area contributed by atoms with Crippen molar-refractivity contribution in [3.05, 3.63) is 36.4 Å². The second-order valence-electron chi connectivity index (χ2n) is 8.65. The number of alkyl halides is 3. The molecule has 8 nitrogen and oxygen atoms in total. The molecule has 11 heteroatoms. The first-order valence-electron chi connectivity index (χ1n) is 10.2. The molecule has 0 aromatic carbocycles. The molecule has 0 unspecified atom stereocenters. The molecular formula is C20H20F3N7O. The van der Waals surface area contributed by atoms with Gasteiger partial charge in [-0.15, -0.1) is 0 Å². The molecule has 1 spiro atoms. The van der Waals surface area contributed by atoms with Crippen molar-refractivity contribution in [2.75, 3.05) is 49.2 Å². The van der Waals surface area contributed by atoms with Gasteiger partial charge in [-0.3, -0.25) is 4.98 Å². The maximum atomic E-state index is 13.0. The predicted molar refractivity (Wildman–Crippen MR) is 106 cm³/mol. The third kappa shape index (κ3) is 3.10. The average molecular weight is 431 g/mol. The number of fused-ring (bicyclic) bond motifs is 1. The number of nitrogens with zero attached hydrogens (tertiary/aromatic N) is 7. The van der Waals surface area contributed by atoms with Crippen molar-refractivity contribution in [2.24, 2.45) is 5.41 Å². The van der Waals surface area contributed by atoms with Crippen LogP contribution in [0.4, 0.5) is 24.8 Å². The van der Waals surface area contributed by atoms with Gasteiger partial charge < -0.3 is 14.5 Å². The van der Waals surface area contributed by atoms with Gasteiger partial charge in [-0.05, 0) is 18.6 Å². The van der Waals surface area contributed by atoms with Crippen LogP contribution in [0.25, 0.3) is 11.0 Å². The van der Waals surface area contributed by atoms with Gasteiger partial charge in [0.1, 0.15) is 11.7 Å². The van der Waals surface area contributed by atoms with E-state index in [1.807, 2.05) is 9.58 Å². The summed E-state index contributed by atoms with van der Waals surface area (Å²) in [5, 5.41) is 5.32. The Morgan fingerprint density at radius 2 is 1.87 bits per heavy atom. The number of hydrogen-bond acceptors (Lipinski definition) is 7. The molecule has 3 aromatic heterocycles. The highest BCUT2D eigenvalue weighted by Gasteiger charge is 2.49. The minimum absolute atomic E-state index is 0.0437. The highest BCUT2D eigenvalue weighted by atomic mass is 19.4. The Bertz CT molecular complexity index is 1140. The molecule has 3 aliphatic heterocycles.